The fraction of sp³-hybridized carbons (Fsp3) is 0.417. The number of carbonyl (C=O) groups excluding carboxylic acids is 2. The van der Waals surface area contributed by atoms with Crippen LogP contribution in [0, 0.1) is 5.92 Å². The predicted molar refractivity (Wildman–Crippen MR) is 140 cm³/mol. The van der Waals surface area contributed by atoms with E-state index in [2.05, 4.69) is 25.5 Å². The Labute approximate surface area is 231 Å². The van der Waals surface area contributed by atoms with Gasteiger partial charge in [0.25, 0.3) is 5.91 Å². The largest absolute Gasteiger partial charge is 0.480 e. The first-order valence-electron chi connectivity index (χ1n) is 12.5. The predicted octanol–water partition coefficient (Wildman–Crippen LogP) is 0.284. The Morgan fingerprint density at radius 2 is 2.05 bits per heavy atom. The van der Waals surface area contributed by atoms with Gasteiger partial charge in [-0.2, -0.15) is 10.2 Å². The number of hydrogen-bond acceptors (Lipinski definition) is 10. The lowest BCUT2D eigenvalue weighted by atomic mass is 9.80. The van der Waals surface area contributed by atoms with Crippen LogP contribution >= 0.6 is 0 Å². The van der Waals surface area contributed by atoms with Crippen molar-refractivity contribution in [3.63, 3.8) is 0 Å². The number of ether oxygens (including phenoxy) is 1. The lowest BCUT2D eigenvalue weighted by molar-refractivity contribution is -0.159. The third kappa shape index (κ3) is 5.39. The summed E-state index contributed by atoms with van der Waals surface area (Å²) in [7, 11) is 1.33. The highest BCUT2D eigenvalue weighted by atomic mass is 19.3. The molecular weight excluding hydrogens is 547 g/mol. The van der Waals surface area contributed by atoms with E-state index in [1.54, 1.807) is 6.07 Å². The first-order chi connectivity index (χ1) is 19.5. The number of nitrogen functional groups attached to an aromatic ring is 1. The number of methoxy groups -OCH3 is 1. The van der Waals surface area contributed by atoms with E-state index in [4.69, 9.17) is 22.0 Å². The molecule has 4 heterocycles. The average molecular weight is 576 g/mol. The SMILES string of the molecule is COc1ncc(-c2cc(CN(N)/N=C\N)c3c(N)ncnn23)cc1C(=O)NC1CN(C(=O)C2CC(F)(F)C2)CC1F. The van der Waals surface area contributed by atoms with Crippen LogP contribution < -0.4 is 27.4 Å². The van der Waals surface area contributed by atoms with Crippen LogP contribution in [0.4, 0.5) is 19.0 Å². The van der Waals surface area contributed by atoms with Crippen molar-refractivity contribution >= 4 is 29.5 Å². The van der Waals surface area contributed by atoms with Gasteiger partial charge in [0.15, 0.2) is 5.82 Å². The molecule has 0 radical (unpaired) electrons. The molecule has 2 aliphatic rings. The van der Waals surface area contributed by atoms with E-state index in [0.29, 0.717) is 22.3 Å². The lowest BCUT2D eigenvalue weighted by Crippen LogP contribution is -2.47. The zero-order chi connectivity index (χ0) is 29.5. The van der Waals surface area contributed by atoms with Crippen LogP contribution in [0.15, 0.2) is 29.8 Å². The summed E-state index contributed by atoms with van der Waals surface area (Å²) in [5.41, 5.74) is 13.4. The average Bonchev–Trinajstić information content (AvgIpc) is 3.47. The highest BCUT2D eigenvalue weighted by Gasteiger charge is 2.51. The maximum absolute atomic E-state index is 14.8. The first kappa shape index (κ1) is 27.9. The molecule has 5 rings (SSSR count). The van der Waals surface area contributed by atoms with Crippen LogP contribution in [-0.2, 0) is 11.3 Å². The number of carbonyl (C=O) groups is 2. The van der Waals surface area contributed by atoms with Gasteiger partial charge in [-0.15, -0.1) is 0 Å². The monoisotopic (exact) mass is 575 g/mol. The van der Waals surface area contributed by atoms with Gasteiger partial charge in [-0.3, -0.25) is 9.59 Å². The van der Waals surface area contributed by atoms with E-state index in [-0.39, 0.29) is 36.9 Å². The topological polar surface area (TPSA) is 195 Å². The molecule has 3 aromatic rings. The molecule has 2 unspecified atom stereocenters. The van der Waals surface area contributed by atoms with Crippen molar-refractivity contribution in [1.82, 2.24) is 34.9 Å². The summed E-state index contributed by atoms with van der Waals surface area (Å²) in [6.07, 6.45) is 1.06. The van der Waals surface area contributed by atoms with Crippen LogP contribution in [-0.4, -0.2) is 86.1 Å². The van der Waals surface area contributed by atoms with Gasteiger partial charge in [0.05, 0.1) is 31.9 Å². The molecule has 14 nitrogen and oxygen atoms in total. The van der Waals surface area contributed by atoms with Crippen LogP contribution in [0.2, 0.25) is 0 Å². The number of hydrogen-bond donors (Lipinski definition) is 4. The summed E-state index contributed by atoms with van der Waals surface area (Å²) in [4.78, 5) is 35.3. The van der Waals surface area contributed by atoms with Crippen molar-refractivity contribution < 1.29 is 27.5 Å². The van der Waals surface area contributed by atoms with Gasteiger partial charge in [0.1, 0.15) is 29.9 Å². The van der Waals surface area contributed by atoms with Gasteiger partial charge in [0.2, 0.25) is 17.7 Å². The second-order valence-electron chi connectivity index (χ2n) is 9.90. The van der Waals surface area contributed by atoms with Gasteiger partial charge < -0.3 is 26.4 Å². The normalized spacial score (nSPS) is 20.4. The summed E-state index contributed by atoms with van der Waals surface area (Å²) < 4.78 is 48.1. The molecule has 1 saturated carbocycles. The maximum atomic E-state index is 14.8. The molecule has 218 valence electrons. The minimum absolute atomic E-state index is 0.00711. The molecule has 1 saturated heterocycles. The number of nitrogens with one attached hydrogen (secondary N) is 1. The Hall–Kier alpha value is -4.67. The standard InChI is InChI=1S/C24H28F3N11O3/c1-41-22-15(21(39)35-17-9-36(8-16(17)25)23(40)14-4-24(26,27)5-14)2-12(6-31-22)18-3-13(7-37(30)33-10-28)19-20(29)32-11-34-38(18)19/h2-3,6,10-11,14,16-17H,4-5,7-9,30H2,1H3,(H2,28,33)(H,35,39)(H2,29,32,34). The number of anilines is 1. The zero-order valence-electron chi connectivity index (χ0n) is 21.9. The number of likely N-dealkylation sites (tertiary alicyclic amines) is 1. The van der Waals surface area contributed by atoms with Crippen molar-refractivity contribution in [2.75, 3.05) is 25.9 Å². The Balaban J connectivity index is 1.40. The van der Waals surface area contributed by atoms with Crippen LogP contribution in [0.1, 0.15) is 28.8 Å². The number of hydrazine groups is 1. The van der Waals surface area contributed by atoms with E-state index in [1.807, 2.05) is 0 Å². The number of amides is 2. The molecule has 0 spiro atoms. The quantitative estimate of drug-likeness (QED) is 0.125. The Kier molecular flexibility index (Phi) is 7.29. The molecule has 1 aliphatic heterocycles. The maximum Gasteiger partial charge on any atom is 0.257 e. The summed E-state index contributed by atoms with van der Waals surface area (Å²) >= 11 is 0. The van der Waals surface area contributed by atoms with Gasteiger partial charge in [-0.1, -0.05) is 0 Å². The molecule has 2 fully saturated rings. The summed E-state index contributed by atoms with van der Waals surface area (Å²) in [5, 5.41) is 11.7. The van der Waals surface area contributed by atoms with Crippen LogP contribution in [0.3, 0.4) is 0 Å². The number of nitrogens with zero attached hydrogens (tertiary/aromatic N) is 7. The number of rotatable bonds is 8. The molecule has 7 N–H and O–H groups in total. The van der Waals surface area contributed by atoms with E-state index in [9.17, 15) is 22.8 Å². The number of halogens is 3. The Bertz CT molecular complexity index is 1510. The molecule has 17 heteroatoms. The summed E-state index contributed by atoms with van der Waals surface area (Å²) in [5.74, 6) is 1.05. The Morgan fingerprint density at radius 1 is 1.29 bits per heavy atom. The van der Waals surface area contributed by atoms with Gasteiger partial charge >= 0.3 is 0 Å². The highest BCUT2D eigenvalue weighted by molar-refractivity contribution is 5.98. The van der Waals surface area contributed by atoms with E-state index < -0.39 is 48.7 Å². The number of pyridine rings is 1. The third-order valence-corrected chi connectivity index (χ3v) is 7.11. The molecule has 0 bridgehead atoms. The van der Waals surface area contributed by atoms with E-state index in [0.717, 1.165) is 11.5 Å². The molecule has 2 amide bonds. The molecule has 0 aromatic carbocycles. The van der Waals surface area contributed by atoms with E-state index in [1.165, 1.54) is 35.1 Å². The van der Waals surface area contributed by atoms with Crippen LogP contribution in [0.5, 0.6) is 5.88 Å². The third-order valence-electron chi connectivity index (χ3n) is 7.11. The molecule has 1 aliphatic carbocycles. The van der Waals surface area contributed by atoms with Crippen molar-refractivity contribution in [1.29, 1.82) is 0 Å². The molecular formula is C24H28F3N11O3. The van der Waals surface area contributed by atoms with Crippen molar-refractivity contribution in [3.05, 3.63) is 35.8 Å². The van der Waals surface area contributed by atoms with Gasteiger partial charge in [0, 0.05) is 42.6 Å². The first-order valence-corrected chi connectivity index (χ1v) is 12.5. The lowest BCUT2D eigenvalue weighted by Gasteiger charge is -2.36. The molecule has 41 heavy (non-hydrogen) atoms. The Morgan fingerprint density at radius 3 is 2.73 bits per heavy atom. The highest BCUT2D eigenvalue weighted by Crippen LogP contribution is 2.43. The molecule has 3 aromatic heterocycles. The van der Waals surface area contributed by atoms with Crippen molar-refractivity contribution in [2.45, 2.75) is 37.5 Å². The van der Waals surface area contributed by atoms with Crippen LogP contribution in [0.25, 0.3) is 16.8 Å². The number of alkyl halides is 3. The second-order valence-corrected chi connectivity index (χ2v) is 9.90. The number of aromatic nitrogens is 4. The fourth-order valence-corrected chi connectivity index (χ4v) is 5.11. The van der Waals surface area contributed by atoms with Gasteiger partial charge in [-0.25, -0.2) is 38.6 Å². The second kappa shape index (κ2) is 10.7. The molecule has 2 atom stereocenters. The smallest absolute Gasteiger partial charge is 0.257 e. The number of nitrogens with two attached hydrogens (primary N) is 3. The number of fused-ring (bicyclic) bond motifs is 1. The van der Waals surface area contributed by atoms with E-state index >= 15 is 0 Å². The summed E-state index contributed by atoms with van der Waals surface area (Å²) in [6, 6.07) is 2.16. The fourth-order valence-electron chi connectivity index (χ4n) is 5.11. The minimum Gasteiger partial charge on any atom is -0.480 e. The van der Waals surface area contributed by atoms with Crippen molar-refractivity contribution in [2.24, 2.45) is 22.6 Å². The summed E-state index contributed by atoms with van der Waals surface area (Å²) in [6.45, 7) is -0.348. The zero-order valence-corrected chi connectivity index (χ0v) is 21.9. The van der Waals surface area contributed by atoms with Crippen molar-refractivity contribution in [3.8, 4) is 17.1 Å². The minimum atomic E-state index is -2.87. The number of hydrazone groups is 1. The van der Waals surface area contributed by atoms with Gasteiger partial charge in [-0.05, 0) is 12.1 Å².